The molecule has 6 nitrogen and oxygen atoms in total. The number of aromatic amines is 1. The molecular weight excluding hydrogens is 322 g/mol. The van der Waals surface area contributed by atoms with Crippen LogP contribution >= 0.6 is 15.9 Å². The van der Waals surface area contributed by atoms with E-state index < -0.39 is 0 Å². The van der Waals surface area contributed by atoms with Gasteiger partial charge in [0.2, 0.25) is 0 Å². The summed E-state index contributed by atoms with van der Waals surface area (Å²) in [5.74, 6) is 0.616. The van der Waals surface area contributed by atoms with Crippen LogP contribution in [0.1, 0.15) is 34.6 Å². The van der Waals surface area contributed by atoms with Gasteiger partial charge in [-0.2, -0.15) is 5.21 Å². The number of likely N-dealkylation sites (N-methyl/N-ethyl adjacent to an activating group) is 1. The Labute approximate surface area is 125 Å². The van der Waals surface area contributed by atoms with Crippen molar-refractivity contribution in [1.82, 2.24) is 25.5 Å². The Balaban J connectivity index is 2.10. The lowest BCUT2D eigenvalue weighted by Crippen LogP contribution is -2.31. The number of hydrogen-bond donors (Lipinski definition) is 1. The molecule has 1 amide bonds. The van der Waals surface area contributed by atoms with Gasteiger partial charge in [0.25, 0.3) is 5.91 Å². The fourth-order valence-electron chi connectivity index (χ4n) is 1.98. The van der Waals surface area contributed by atoms with Crippen LogP contribution in [-0.2, 0) is 0 Å². The summed E-state index contributed by atoms with van der Waals surface area (Å²) in [6.07, 6.45) is 0. The third kappa shape index (κ3) is 3.22. The van der Waals surface area contributed by atoms with E-state index in [0.717, 1.165) is 10.0 Å². The molecule has 1 N–H and O–H groups in total. The van der Waals surface area contributed by atoms with E-state index >= 15 is 0 Å². The number of aromatic nitrogens is 4. The Morgan fingerprint density at radius 1 is 1.50 bits per heavy atom. The Morgan fingerprint density at radius 2 is 2.25 bits per heavy atom. The molecule has 0 bridgehead atoms. The van der Waals surface area contributed by atoms with Crippen LogP contribution in [-0.4, -0.2) is 45.0 Å². The van der Waals surface area contributed by atoms with Crippen LogP contribution in [0.5, 0.6) is 0 Å². The molecular formula is C13H16BrN5O. The number of rotatable bonds is 4. The summed E-state index contributed by atoms with van der Waals surface area (Å²) in [5, 5.41) is 13.8. The van der Waals surface area contributed by atoms with Crippen molar-refractivity contribution in [2.45, 2.75) is 19.8 Å². The van der Waals surface area contributed by atoms with Gasteiger partial charge >= 0.3 is 0 Å². The van der Waals surface area contributed by atoms with E-state index in [1.165, 1.54) is 0 Å². The van der Waals surface area contributed by atoms with Crippen LogP contribution in [0.2, 0.25) is 0 Å². The van der Waals surface area contributed by atoms with Gasteiger partial charge in [0.05, 0.1) is 0 Å². The summed E-state index contributed by atoms with van der Waals surface area (Å²) >= 11 is 3.39. The number of nitrogens with one attached hydrogen (secondary N) is 1. The number of aryl methyl sites for hydroxylation is 1. The highest BCUT2D eigenvalue weighted by atomic mass is 79.9. The number of benzene rings is 1. The monoisotopic (exact) mass is 337 g/mol. The van der Waals surface area contributed by atoms with Gasteiger partial charge in [-0.05, 0) is 24.6 Å². The van der Waals surface area contributed by atoms with Gasteiger partial charge < -0.3 is 4.90 Å². The molecule has 1 unspecified atom stereocenters. The first-order valence-electron chi connectivity index (χ1n) is 6.24. The molecule has 0 aliphatic heterocycles. The molecule has 0 radical (unpaired) electrons. The summed E-state index contributed by atoms with van der Waals surface area (Å²) in [6.45, 7) is 4.42. The highest BCUT2D eigenvalue weighted by molar-refractivity contribution is 9.10. The van der Waals surface area contributed by atoms with Crippen LogP contribution in [0.4, 0.5) is 0 Å². The van der Waals surface area contributed by atoms with Gasteiger partial charge in [-0.15, -0.1) is 10.2 Å². The highest BCUT2D eigenvalue weighted by Gasteiger charge is 2.19. The first-order chi connectivity index (χ1) is 9.49. The maximum Gasteiger partial charge on any atom is 0.253 e. The second-order valence-electron chi connectivity index (χ2n) is 4.82. The molecule has 20 heavy (non-hydrogen) atoms. The number of tetrazole rings is 1. The van der Waals surface area contributed by atoms with Crippen molar-refractivity contribution in [2.75, 3.05) is 13.6 Å². The summed E-state index contributed by atoms with van der Waals surface area (Å²) in [7, 11) is 1.78. The standard InChI is InChI=1S/C13H16BrN5O/c1-8-4-5-10(14)6-11(8)13(20)19(3)7-9(2)12-15-17-18-16-12/h4-6,9H,7H2,1-3H3,(H,15,16,17,18). The minimum atomic E-state index is -0.0147. The quantitative estimate of drug-likeness (QED) is 0.927. The van der Waals surface area contributed by atoms with Gasteiger partial charge in [0.1, 0.15) is 0 Å². The third-order valence-electron chi connectivity index (χ3n) is 3.13. The van der Waals surface area contributed by atoms with E-state index in [-0.39, 0.29) is 11.8 Å². The SMILES string of the molecule is Cc1ccc(Br)cc1C(=O)N(C)CC(C)c1nn[nH]n1. The molecule has 0 saturated heterocycles. The molecule has 0 aliphatic carbocycles. The first kappa shape index (κ1) is 14.6. The molecule has 1 aromatic heterocycles. The van der Waals surface area contributed by atoms with Crippen molar-refractivity contribution >= 4 is 21.8 Å². The molecule has 7 heteroatoms. The number of nitrogens with zero attached hydrogens (tertiary/aromatic N) is 4. The summed E-state index contributed by atoms with van der Waals surface area (Å²) < 4.78 is 0.895. The Hall–Kier alpha value is -1.76. The third-order valence-corrected chi connectivity index (χ3v) is 3.62. The number of carbonyl (C=O) groups excluding carboxylic acids is 1. The molecule has 2 aromatic rings. The van der Waals surface area contributed by atoms with E-state index in [0.29, 0.717) is 17.9 Å². The molecule has 1 atom stereocenters. The maximum absolute atomic E-state index is 12.5. The van der Waals surface area contributed by atoms with Crippen LogP contribution in [0.15, 0.2) is 22.7 Å². The van der Waals surface area contributed by atoms with E-state index in [1.54, 1.807) is 11.9 Å². The smallest absolute Gasteiger partial charge is 0.253 e. The van der Waals surface area contributed by atoms with E-state index in [9.17, 15) is 4.79 Å². The van der Waals surface area contributed by atoms with Crippen molar-refractivity contribution in [1.29, 1.82) is 0 Å². The predicted octanol–water partition coefficient (Wildman–Crippen LogP) is 2.15. The normalized spacial score (nSPS) is 12.2. The highest BCUT2D eigenvalue weighted by Crippen LogP contribution is 2.18. The second kappa shape index (κ2) is 6.13. The zero-order valence-electron chi connectivity index (χ0n) is 11.6. The second-order valence-corrected chi connectivity index (χ2v) is 5.73. The molecule has 1 aromatic carbocycles. The predicted molar refractivity (Wildman–Crippen MR) is 78.4 cm³/mol. The van der Waals surface area contributed by atoms with E-state index in [2.05, 4.69) is 36.6 Å². The Kier molecular flexibility index (Phi) is 4.49. The number of H-pyrrole nitrogens is 1. The molecule has 0 saturated carbocycles. The van der Waals surface area contributed by atoms with E-state index in [4.69, 9.17) is 0 Å². The molecule has 0 aliphatic rings. The van der Waals surface area contributed by atoms with Crippen LogP contribution in [0, 0.1) is 6.92 Å². The zero-order valence-corrected chi connectivity index (χ0v) is 13.2. The minimum Gasteiger partial charge on any atom is -0.341 e. The number of hydrogen-bond acceptors (Lipinski definition) is 4. The number of carbonyl (C=O) groups is 1. The summed E-state index contributed by atoms with van der Waals surface area (Å²) in [5.41, 5.74) is 1.65. The first-order valence-corrected chi connectivity index (χ1v) is 7.03. The Morgan fingerprint density at radius 3 is 2.90 bits per heavy atom. The van der Waals surface area contributed by atoms with Gasteiger partial charge in [-0.25, -0.2) is 0 Å². The molecule has 0 spiro atoms. The van der Waals surface area contributed by atoms with Gasteiger partial charge in [-0.1, -0.05) is 34.1 Å². The minimum absolute atomic E-state index is 0.0147. The fourth-order valence-corrected chi connectivity index (χ4v) is 2.34. The fraction of sp³-hybridized carbons (Fsp3) is 0.385. The van der Waals surface area contributed by atoms with Gasteiger partial charge in [0.15, 0.2) is 5.82 Å². The molecule has 2 rings (SSSR count). The summed E-state index contributed by atoms with van der Waals surface area (Å²) in [6, 6.07) is 5.69. The van der Waals surface area contributed by atoms with Crippen molar-refractivity contribution in [3.05, 3.63) is 39.6 Å². The largest absolute Gasteiger partial charge is 0.341 e. The van der Waals surface area contributed by atoms with Crippen molar-refractivity contribution in [3.8, 4) is 0 Å². The van der Waals surface area contributed by atoms with Gasteiger partial charge in [-0.3, -0.25) is 4.79 Å². The van der Waals surface area contributed by atoms with Crippen LogP contribution in [0.25, 0.3) is 0 Å². The molecule has 0 fully saturated rings. The number of halogens is 1. The van der Waals surface area contributed by atoms with E-state index in [1.807, 2.05) is 32.0 Å². The maximum atomic E-state index is 12.5. The van der Waals surface area contributed by atoms with Crippen LogP contribution < -0.4 is 0 Å². The molecule has 1 heterocycles. The topological polar surface area (TPSA) is 74.8 Å². The lowest BCUT2D eigenvalue weighted by molar-refractivity contribution is 0.0786. The van der Waals surface area contributed by atoms with Crippen LogP contribution in [0.3, 0.4) is 0 Å². The lowest BCUT2D eigenvalue weighted by Gasteiger charge is -2.21. The molecule has 106 valence electrons. The zero-order chi connectivity index (χ0) is 14.7. The lowest BCUT2D eigenvalue weighted by atomic mass is 10.1. The van der Waals surface area contributed by atoms with Crippen molar-refractivity contribution < 1.29 is 4.79 Å². The summed E-state index contributed by atoms with van der Waals surface area (Å²) in [4.78, 5) is 14.1. The van der Waals surface area contributed by atoms with Crippen molar-refractivity contribution in [2.24, 2.45) is 0 Å². The average Bonchev–Trinajstić information content (AvgIpc) is 2.94. The van der Waals surface area contributed by atoms with Crippen molar-refractivity contribution in [3.63, 3.8) is 0 Å². The number of amides is 1. The Bertz CT molecular complexity index is 599. The average molecular weight is 338 g/mol. The van der Waals surface area contributed by atoms with Gasteiger partial charge in [0, 0.05) is 29.5 Å².